The van der Waals surface area contributed by atoms with Gasteiger partial charge in [0.2, 0.25) is 0 Å². The van der Waals surface area contributed by atoms with E-state index >= 15 is 0 Å². The molecule has 2 N–H and O–H groups in total. The van der Waals surface area contributed by atoms with Crippen molar-refractivity contribution in [2.45, 2.75) is 58.5 Å². The highest BCUT2D eigenvalue weighted by Crippen LogP contribution is 2.28. The summed E-state index contributed by atoms with van der Waals surface area (Å²) in [5.41, 5.74) is -0.609. The van der Waals surface area contributed by atoms with Crippen LogP contribution < -0.4 is 0 Å². The van der Waals surface area contributed by atoms with E-state index in [1.165, 1.54) is 0 Å². The number of hydrogen-bond donors (Lipinski definition) is 2. The predicted octanol–water partition coefficient (Wildman–Crippen LogP) is 3.14. The minimum atomic E-state index is -0.609. The summed E-state index contributed by atoms with van der Waals surface area (Å²) in [5.74, 6) is 0.866. The van der Waals surface area contributed by atoms with Gasteiger partial charge in [-0.05, 0) is 51.4 Å². The van der Waals surface area contributed by atoms with Crippen LogP contribution in [0, 0.1) is 11.8 Å². The lowest BCUT2D eigenvalue weighted by atomic mass is 9.81. The zero-order valence-electron chi connectivity index (χ0n) is 11.1. The van der Waals surface area contributed by atoms with Crippen LogP contribution in [0.1, 0.15) is 52.9 Å². The molecule has 0 rings (SSSR count). The van der Waals surface area contributed by atoms with Crippen LogP contribution in [0.5, 0.6) is 0 Å². The van der Waals surface area contributed by atoms with Crippen LogP contribution in [0.3, 0.4) is 0 Å². The van der Waals surface area contributed by atoms with Gasteiger partial charge in [-0.1, -0.05) is 19.4 Å². The molecule has 0 aromatic rings. The highest BCUT2D eigenvalue weighted by molar-refractivity contribution is 4.80. The Labute approximate surface area is 100 Å². The quantitative estimate of drug-likeness (QED) is 0.595. The first kappa shape index (κ1) is 15.7. The Hall–Kier alpha value is -0.340. The summed E-state index contributed by atoms with van der Waals surface area (Å²) >= 11 is 0. The van der Waals surface area contributed by atoms with Crippen molar-refractivity contribution in [2.75, 3.05) is 6.61 Å². The van der Waals surface area contributed by atoms with Gasteiger partial charge in [-0.3, -0.25) is 0 Å². The molecule has 0 fully saturated rings. The minimum Gasteiger partial charge on any atom is -0.396 e. The molecule has 0 aliphatic heterocycles. The summed E-state index contributed by atoms with van der Waals surface area (Å²) < 4.78 is 0. The number of allylic oxidation sites excluding steroid dienone is 1. The van der Waals surface area contributed by atoms with Gasteiger partial charge in [0.25, 0.3) is 0 Å². The molecule has 0 amide bonds. The maximum absolute atomic E-state index is 10.1. The summed E-state index contributed by atoms with van der Waals surface area (Å²) in [6.45, 7) is 9.92. The Morgan fingerprint density at radius 3 is 2.25 bits per heavy atom. The van der Waals surface area contributed by atoms with Crippen molar-refractivity contribution in [3.63, 3.8) is 0 Å². The number of aliphatic hydroxyl groups is 2. The molecule has 16 heavy (non-hydrogen) atoms. The van der Waals surface area contributed by atoms with E-state index in [4.69, 9.17) is 5.11 Å². The second kappa shape index (κ2) is 7.86. The fraction of sp³-hybridized carbons (Fsp3) is 0.857. The summed E-state index contributed by atoms with van der Waals surface area (Å²) in [4.78, 5) is 0. The molecule has 2 heteroatoms. The molecule has 0 spiro atoms. The minimum absolute atomic E-state index is 0.265. The van der Waals surface area contributed by atoms with Gasteiger partial charge in [-0.2, -0.15) is 0 Å². The van der Waals surface area contributed by atoms with E-state index in [1.54, 1.807) is 0 Å². The Morgan fingerprint density at radius 2 is 1.81 bits per heavy atom. The third-order valence-corrected chi connectivity index (χ3v) is 3.35. The van der Waals surface area contributed by atoms with Crippen molar-refractivity contribution in [1.29, 1.82) is 0 Å². The van der Waals surface area contributed by atoms with Crippen molar-refractivity contribution in [3.8, 4) is 0 Å². The smallest absolute Gasteiger partial charge is 0.0619 e. The van der Waals surface area contributed by atoms with E-state index in [-0.39, 0.29) is 6.61 Å². The number of aliphatic hydroxyl groups excluding tert-OH is 1. The van der Waals surface area contributed by atoms with Crippen LogP contribution in [0.25, 0.3) is 0 Å². The van der Waals surface area contributed by atoms with E-state index in [0.29, 0.717) is 11.8 Å². The van der Waals surface area contributed by atoms with Gasteiger partial charge in [0.1, 0.15) is 0 Å². The fourth-order valence-electron chi connectivity index (χ4n) is 2.02. The van der Waals surface area contributed by atoms with Crippen LogP contribution >= 0.6 is 0 Å². The molecular formula is C14H28O2. The monoisotopic (exact) mass is 228 g/mol. The average Bonchev–Trinajstić information content (AvgIpc) is 2.16. The molecular weight excluding hydrogens is 200 g/mol. The van der Waals surface area contributed by atoms with Crippen molar-refractivity contribution in [3.05, 3.63) is 12.7 Å². The molecule has 2 nitrogen and oxygen atoms in total. The van der Waals surface area contributed by atoms with Gasteiger partial charge in [-0.15, -0.1) is 6.58 Å². The van der Waals surface area contributed by atoms with Crippen molar-refractivity contribution in [2.24, 2.45) is 11.8 Å². The molecule has 0 saturated carbocycles. The summed E-state index contributed by atoms with van der Waals surface area (Å²) in [7, 11) is 0. The maximum atomic E-state index is 10.1. The lowest BCUT2D eigenvalue weighted by Gasteiger charge is -2.30. The van der Waals surface area contributed by atoms with Gasteiger partial charge in [-0.25, -0.2) is 0 Å². The first-order chi connectivity index (χ1) is 7.41. The Kier molecular flexibility index (Phi) is 7.69. The third-order valence-electron chi connectivity index (χ3n) is 3.35. The van der Waals surface area contributed by atoms with E-state index in [1.807, 2.05) is 19.9 Å². The topological polar surface area (TPSA) is 40.5 Å². The highest BCUT2D eigenvalue weighted by Gasteiger charge is 2.25. The standard InChI is InChI=1S/C14H28O2/c1-5-6-7-13(14(3,4)16)9-8-12(2)10-11-15/h5,12-13,15-16H,1,6-11H2,2-4H3. The fourth-order valence-corrected chi connectivity index (χ4v) is 2.02. The molecule has 0 aromatic heterocycles. The zero-order chi connectivity index (χ0) is 12.6. The second-order valence-corrected chi connectivity index (χ2v) is 5.41. The van der Waals surface area contributed by atoms with Gasteiger partial charge >= 0.3 is 0 Å². The first-order valence-electron chi connectivity index (χ1n) is 6.36. The molecule has 0 bridgehead atoms. The van der Waals surface area contributed by atoms with Crippen molar-refractivity contribution < 1.29 is 10.2 Å². The molecule has 0 radical (unpaired) electrons. The summed E-state index contributed by atoms with van der Waals surface area (Å²) in [6, 6.07) is 0. The summed E-state index contributed by atoms with van der Waals surface area (Å²) in [5, 5.41) is 18.9. The van der Waals surface area contributed by atoms with Gasteiger partial charge in [0, 0.05) is 6.61 Å². The van der Waals surface area contributed by atoms with Crippen LogP contribution in [0.2, 0.25) is 0 Å². The highest BCUT2D eigenvalue weighted by atomic mass is 16.3. The van der Waals surface area contributed by atoms with E-state index in [0.717, 1.165) is 32.1 Å². The van der Waals surface area contributed by atoms with Crippen molar-refractivity contribution >= 4 is 0 Å². The maximum Gasteiger partial charge on any atom is 0.0619 e. The Balaban J connectivity index is 4.06. The Morgan fingerprint density at radius 1 is 1.19 bits per heavy atom. The van der Waals surface area contributed by atoms with Gasteiger partial charge < -0.3 is 10.2 Å². The third kappa shape index (κ3) is 7.02. The number of rotatable bonds is 9. The molecule has 2 atom stereocenters. The normalized spacial score (nSPS) is 15.8. The molecule has 0 aromatic carbocycles. The molecule has 2 unspecified atom stereocenters. The lowest BCUT2D eigenvalue weighted by Crippen LogP contribution is -2.31. The second-order valence-electron chi connectivity index (χ2n) is 5.41. The van der Waals surface area contributed by atoms with Crippen molar-refractivity contribution in [1.82, 2.24) is 0 Å². The molecule has 96 valence electrons. The van der Waals surface area contributed by atoms with Crippen LogP contribution in [-0.2, 0) is 0 Å². The van der Waals surface area contributed by atoms with Gasteiger partial charge in [0.15, 0.2) is 0 Å². The molecule has 0 heterocycles. The average molecular weight is 228 g/mol. The molecule has 0 aliphatic carbocycles. The van der Waals surface area contributed by atoms with E-state index < -0.39 is 5.60 Å². The van der Waals surface area contributed by atoms with Crippen LogP contribution in [0.15, 0.2) is 12.7 Å². The summed E-state index contributed by atoms with van der Waals surface area (Å²) in [6.07, 6.45) is 6.84. The lowest BCUT2D eigenvalue weighted by molar-refractivity contribution is 0.00710. The molecule has 0 aliphatic rings. The predicted molar refractivity (Wildman–Crippen MR) is 69.3 cm³/mol. The number of hydrogen-bond acceptors (Lipinski definition) is 2. The van der Waals surface area contributed by atoms with Gasteiger partial charge in [0.05, 0.1) is 5.60 Å². The largest absolute Gasteiger partial charge is 0.396 e. The van der Waals surface area contributed by atoms with E-state index in [9.17, 15) is 5.11 Å². The van der Waals surface area contributed by atoms with E-state index in [2.05, 4.69) is 13.5 Å². The molecule has 0 saturated heterocycles. The van der Waals surface area contributed by atoms with Crippen LogP contribution in [0.4, 0.5) is 0 Å². The van der Waals surface area contributed by atoms with Crippen LogP contribution in [-0.4, -0.2) is 22.4 Å². The zero-order valence-corrected chi connectivity index (χ0v) is 11.1. The first-order valence-corrected chi connectivity index (χ1v) is 6.36. The Bertz CT molecular complexity index is 182. The SMILES string of the molecule is C=CCCC(CCC(C)CCO)C(C)(C)O.